The average molecular weight is 1020 g/mol. The fourth-order valence-electron chi connectivity index (χ4n) is 9.45. The molecular weight excluding hydrogens is 901 g/mol. The van der Waals surface area contributed by atoms with Gasteiger partial charge in [-0.1, -0.05) is 288 Å². The monoisotopic (exact) mass is 1020 g/mol. The Kier molecular flexibility index (Phi) is 59.7. The Morgan fingerprint density at radius 1 is 0.274 bits per heavy atom. The summed E-state index contributed by atoms with van der Waals surface area (Å²) in [6.07, 6.45) is 77.7. The normalized spacial score (nSPS) is 12.3. The smallest absolute Gasteiger partial charge is 0.306 e. The van der Waals surface area contributed by atoms with E-state index in [1.54, 1.807) is 0 Å². The van der Waals surface area contributed by atoms with Gasteiger partial charge in [0.1, 0.15) is 13.2 Å². The largest absolute Gasteiger partial charge is 0.462 e. The van der Waals surface area contributed by atoms with Crippen LogP contribution in [0.5, 0.6) is 0 Å². The van der Waals surface area contributed by atoms with Gasteiger partial charge in [-0.2, -0.15) is 0 Å². The zero-order valence-corrected chi connectivity index (χ0v) is 48.9. The Bertz CT molecular complexity index is 1270. The molecule has 0 spiro atoms. The quantitative estimate of drug-likeness (QED) is 0.0261. The standard InChI is InChI=1S/C67H122O6/c1-4-7-10-13-15-17-19-21-23-24-25-26-27-28-29-30-31-32-33-34-35-36-37-38-39-40-41-42-44-45-47-49-51-54-57-60-66(69)72-63-64(62-71-65(68)59-56-53-12-9-6-3)73-67(70)61-58-55-52-50-48-46-43-22-20-18-16-14-11-8-5-2/h16,18-19,21-22,24-25,43,64H,4-15,17,20,23,26-42,44-63H2,1-3H3/b18-16-,21-19-,25-24-,43-22-. The fourth-order valence-corrected chi connectivity index (χ4v) is 9.45. The molecule has 0 heterocycles. The molecule has 0 saturated carbocycles. The lowest BCUT2D eigenvalue weighted by Crippen LogP contribution is -2.30. The van der Waals surface area contributed by atoms with Gasteiger partial charge in [0.25, 0.3) is 0 Å². The molecule has 0 radical (unpaired) electrons. The van der Waals surface area contributed by atoms with E-state index in [0.717, 1.165) is 96.3 Å². The van der Waals surface area contributed by atoms with E-state index >= 15 is 0 Å². The highest BCUT2D eigenvalue weighted by Crippen LogP contribution is 2.17. The molecule has 6 heteroatoms. The van der Waals surface area contributed by atoms with Crippen molar-refractivity contribution in [2.45, 2.75) is 348 Å². The third-order valence-corrected chi connectivity index (χ3v) is 14.3. The summed E-state index contributed by atoms with van der Waals surface area (Å²) in [7, 11) is 0. The molecule has 0 aromatic carbocycles. The number of unbranched alkanes of at least 4 members (excludes halogenated alkanes) is 40. The van der Waals surface area contributed by atoms with Gasteiger partial charge in [-0.05, 0) is 83.5 Å². The highest BCUT2D eigenvalue weighted by atomic mass is 16.6. The molecule has 0 aliphatic carbocycles. The number of esters is 3. The van der Waals surface area contributed by atoms with Crippen LogP contribution in [0.4, 0.5) is 0 Å². The molecule has 0 aliphatic rings. The predicted octanol–water partition coefficient (Wildman–Crippen LogP) is 21.8. The second kappa shape index (κ2) is 61.9. The summed E-state index contributed by atoms with van der Waals surface area (Å²) in [4.78, 5) is 37.8. The maximum Gasteiger partial charge on any atom is 0.306 e. The number of carbonyl (C=O) groups excluding carboxylic acids is 3. The summed E-state index contributed by atoms with van der Waals surface area (Å²) < 4.78 is 16.7. The molecular formula is C67H122O6. The first kappa shape index (κ1) is 70.4. The SMILES string of the molecule is CCCCC/C=C\C/C=C\CCCCCCCC(=O)OC(COC(=O)CCCCCCC)COC(=O)CCCCCCCCCCCCCCCCCCCCCCCCC/C=C\C/C=C\CCCCCCC. The van der Waals surface area contributed by atoms with Crippen LogP contribution in [-0.2, 0) is 28.6 Å². The molecule has 0 aromatic rings. The number of hydrogen-bond donors (Lipinski definition) is 0. The second-order valence-electron chi connectivity index (χ2n) is 21.7. The van der Waals surface area contributed by atoms with Crippen LogP contribution in [0.3, 0.4) is 0 Å². The van der Waals surface area contributed by atoms with Crippen LogP contribution in [0.2, 0.25) is 0 Å². The van der Waals surface area contributed by atoms with Crippen molar-refractivity contribution < 1.29 is 28.6 Å². The molecule has 1 unspecified atom stereocenters. The lowest BCUT2D eigenvalue weighted by atomic mass is 10.0. The summed E-state index contributed by atoms with van der Waals surface area (Å²) in [6, 6.07) is 0. The van der Waals surface area contributed by atoms with E-state index in [2.05, 4.69) is 69.4 Å². The number of rotatable bonds is 59. The van der Waals surface area contributed by atoms with Gasteiger partial charge in [-0.25, -0.2) is 0 Å². The van der Waals surface area contributed by atoms with Crippen molar-refractivity contribution in [2.24, 2.45) is 0 Å². The summed E-state index contributed by atoms with van der Waals surface area (Å²) in [5.74, 6) is -0.889. The molecule has 0 amide bonds. The lowest BCUT2D eigenvalue weighted by molar-refractivity contribution is -0.167. The van der Waals surface area contributed by atoms with Crippen LogP contribution in [0, 0.1) is 0 Å². The van der Waals surface area contributed by atoms with E-state index in [-0.39, 0.29) is 31.1 Å². The van der Waals surface area contributed by atoms with Gasteiger partial charge in [0, 0.05) is 19.3 Å². The lowest BCUT2D eigenvalue weighted by Gasteiger charge is -2.18. The second-order valence-corrected chi connectivity index (χ2v) is 21.7. The van der Waals surface area contributed by atoms with Crippen LogP contribution in [-0.4, -0.2) is 37.2 Å². The van der Waals surface area contributed by atoms with E-state index in [0.29, 0.717) is 19.3 Å². The summed E-state index contributed by atoms with van der Waals surface area (Å²) >= 11 is 0. The molecule has 0 N–H and O–H groups in total. The Hall–Kier alpha value is -2.63. The maximum absolute atomic E-state index is 12.8. The van der Waals surface area contributed by atoms with E-state index < -0.39 is 6.10 Å². The molecule has 426 valence electrons. The van der Waals surface area contributed by atoms with Crippen molar-refractivity contribution in [3.63, 3.8) is 0 Å². The third-order valence-electron chi connectivity index (χ3n) is 14.3. The topological polar surface area (TPSA) is 78.9 Å². The summed E-state index contributed by atoms with van der Waals surface area (Å²) in [5, 5.41) is 0. The fraction of sp³-hybridized carbons (Fsp3) is 0.836. The van der Waals surface area contributed by atoms with E-state index in [9.17, 15) is 14.4 Å². The van der Waals surface area contributed by atoms with E-state index in [1.165, 1.54) is 205 Å². The van der Waals surface area contributed by atoms with Crippen molar-refractivity contribution in [2.75, 3.05) is 13.2 Å². The molecule has 0 aromatic heterocycles. The minimum atomic E-state index is -0.774. The van der Waals surface area contributed by atoms with Gasteiger partial charge in [-0.3, -0.25) is 14.4 Å². The molecule has 6 nitrogen and oxygen atoms in total. The molecule has 0 aliphatic heterocycles. The molecule has 73 heavy (non-hydrogen) atoms. The Morgan fingerprint density at radius 2 is 0.493 bits per heavy atom. The predicted molar refractivity (Wildman–Crippen MR) is 316 cm³/mol. The zero-order valence-electron chi connectivity index (χ0n) is 48.9. The van der Waals surface area contributed by atoms with Gasteiger partial charge in [-0.15, -0.1) is 0 Å². The molecule has 0 bridgehead atoms. The number of hydrogen-bond acceptors (Lipinski definition) is 6. The first-order chi connectivity index (χ1) is 36.0. The number of carbonyl (C=O) groups is 3. The van der Waals surface area contributed by atoms with E-state index in [1.807, 2.05) is 0 Å². The molecule has 0 fully saturated rings. The van der Waals surface area contributed by atoms with Crippen LogP contribution >= 0.6 is 0 Å². The minimum Gasteiger partial charge on any atom is -0.462 e. The first-order valence-corrected chi connectivity index (χ1v) is 32.1. The average Bonchev–Trinajstić information content (AvgIpc) is 3.39. The van der Waals surface area contributed by atoms with Crippen LogP contribution in [0.1, 0.15) is 342 Å². The van der Waals surface area contributed by atoms with Crippen LogP contribution in [0.15, 0.2) is 48.6 Å². The van der Waals surface area contributed by atoms with Gasteiger partial charge < -0.3 is 14.2 Å². The minimum absolute atomic E-state index is 0.0753. The van der Waals surface area contributed by atoms with Crippen molar-refractivity contribution >= 4 is 17.9 Å². The third kappa shape index (κ3) is 60.1. The van der Waals surface area contributed by atoms with Crippen molar-refractivity contribution in [3.05, 3.63) is 48.6 Å². The van der Waals surface area contributed by atoms with Gasteiger partial charge >= 0.3 is 17.9 Å². The van der Waals surface area contributed by atoms with E-state index in [4.69, 9.17) is 14.2 Å². The van der Waals surface area contributed by atoms with Crippen molar-refractivity contribution in [1.82, 2.24) is 0 Å². The van der Waals surface area contributed by atoms with Crippen LogP contribution < -0.4 is 0 Å². The Balaban J connectivity index is 3.86. The van der Waals surface area contributed by atoms with Crippen molar-refractivity contribution in [3.8, 4) is 0 Å². The Labute approximate surface area is 454 Å². The van der Waals surface area contributed by atoms with Crippen molar-refractivity contribution in [1.29, 1.82) is 0 Å². The highest BCUT2D eigenvalue weighted by molar-refractivity contribution is 5.71. The van der Waals surface area contributed by atoms with Crippen LogP contribution in [0.25, 0.3) is 0 Å². The van der Waals surface area contributed by atoms with Gasteiger partial charge in [0.15, 0.2) is 6.10 Å². The summed E-state index contributed by atoms with van der Waals surface area (Å²) in [5.41, 5.74) is 0. The first-order valence-electron chi connectivity index (χ1n) is 32.1. The molecule has 1 atom stereocenters. The van der Waals surface area contributed by atoms with Gasteiger partial charge in [0.2, 0.25) is 0 Å². The van der Waals surface area contributed by atoms with Gasteiger partial charge in [0.05, 0.1) is 0 Å². The Morgan fingerprint density at radius 3 is 0.781 bits per heavy atom. The zero-order chi connectivity index (χ0) is 52.9. The number of allylic oxidation sites excluding steroid dienone is 8. The molecule has 0 rings (SSSR count). The molecule has 0 saturated heterocycles. The summed E-state index contributed by atoms with van der Waals surface area (Å²) in [6.45, 7) is 6.54. The highest BCUT2D eigenvalue weighted by Gasteiger charge is 2.19. The maximum atomic E-state index is 12.8. The number of ether oxygens (including phenoxy) is 3.